The van der Waals surface area contributed by atoms with Gasteiger partial charge in [0.15, 0.2) is 0 Å². The number of amides is 2. The smallest absolute Gasteiger partial charge is 0.414 e. The number of anilines is 2. The van der Waals surface area contributed by atoms with Crippen LogP contribution in [-0.2, 0) is 17.6 Å². The van der Waals surface area contributed by atoms with Gasteiger partial charge in [0.1, 0.15) is 11.5 Å². The maximum atomic E-state index is 12.4. The number of rotatable bonds is 7. The first-order valence-electron chi connectivity index (χ1n) is 9.00. The number of hydrogen-bond donors (Lipinski definition) is 5. The maximum Gasteiger partial charge on any atom is 0.414 e. The van der Waals surface area contributed by atoms with Crippen LogP contribution in [0.2, 0.25) is 0 Å². The summed E-state index contributed by atoms with van der Waals surface area (Å²) in [7, 11) is 0. The second-order valence-electron chi connectivity index (χ2n) is 6.58. The molecule has 0 spiro atoms. The Bertz CT molecular complexity index is 1110. The minimum absolute atomic E-state index is 0.0902. The van der Waals surface area contributed by atoms with E-state index in [0.29, 0.717) is 34.6 Å². The lowest BCUT2D eigenvalue weighted by atomic mass is 10.0. The molecular weight excluding hydrogens is 392 g/mol. The van der Waals surface area contributed by atoms with Crippen LogP contribution >= 0.6 is 0 Å². The number of hydrogen-bond acceptors (Lipinski definition) is 7. The second-order valence-corrected chi connectivity index (χ2v) is 6.58. The van der Waals surface area contributed by atoms with Crippen molar-refractivity contribution in [1.82, 2.24) is 19.9 Å². The predicted octanol–water partition coefficient (Wildman–Crippen LogP) is 1.50. The third-order valence-corrected chi connectivity index (χ3v) is 4.57. The van der Waals surface area contributed by atoms with Crippen LogP contribution in [0.4, 0.5) is 16.6 Å². The number of H-pyrrole nitrogens is 1. The van der Waals surface area contributed by atoms with Crippen molar-refractivity contribution in [2.24, 2.45) is 0 Å². The third kappa shape index (κ3) is 4.46. The molecule has 0 aliphatic carbocycles. The Morgan fingerprint density at radius 1 is 1.03 bits per heavy atom. The van der Waals surface area contributed by atoms with Crippen molar-refractivity contribution >= 4 is 40.8 Å². The summed E-state index contributed by atoms with van der Waals surface area (Å²) in [4.78, 5) is 45.9. The molecule has 0 bridgehead atoms. The van der Waals surface area contributed by atoms with E-state index in [1.54, 1.807) is 18.3 Å². The van der Waals surface area contributed by atoms with Crippen LogP contribution in [-0.4, -0.2) is 54.6 Å². The predicted molar refractivity (Wildman–Crippen MR) is 108 cm³/mol. The van der Waals surface area contributed by atoms with Crippen LogP contribution in [0.15, 0.2) is 30.5 Å². The Labute approximate surface area is 170 Å². The highest BCUT2D eigenvalue weighted by atomic mass is 16.4. The molecule has 11 heteroatoms. The van der Waals surface area contributed by atoms with Gasteiger partial charge in [-0.1, -0.05) is 12.1 Å². The molecule has 1 aromatic carbocycles. The Kier molecular flexibility index (Phi) is 5.81. The summed E-state index contributed by atoms with van der Waals surface area (Å²) in [6.45, 7) is -0.417. The van der Waals surface area contributed by atoms with Gasteiger partial charge < -0.3 is 26.7 Å². The van der Waals surface area contributed by atoms with Gasteiger partial charge in [-0.15, -0.1) is 0 Å². The number of aliphatic carboxylic acids is 1. The standard InChI is InChI=1S/C19H20N6O5/c20-15-14-12(9-22-16(14)24-18(21)23-15)6-3-10-1-4-11(5-2-10)17(28)25(19(29)30)8-7-13(26)27/h1-2,4-5,9H,3,6-8H2,(H,26,27)(H,29,30)(H5,20,21,22,23,24). The number of aromatic amines is 1. The van der Waals surface area contributed by atoms with Crippen molar-refractivity contribution in [3.05, 3.63) is 47.2 Å². The first-order chi connectivity index (χ1) is 14.3. The number of aryl methyl sites for hydroxylation is 2. The van der Waals surface area contributed by atoms with E-state index in [-0.39, 0.29) is 11.5 Å². The van der Waals surface area contributed by atoms with Crippen LogP contribution in [0.5, 0.6) is 0 Å². The fraction of sp³-hybridized carbons (Fsp3) is 0.211. The number of fused-ring (bicyclic) bond motifs is 1. The third-order valence-electron chi connectivity index (χ3n) is 4.57. The molecule has 11 nitrogen and oxygen atoms in total. The van der Waals surface area contributed by atoms with Gasteiger partial charge >= 0.3 is 12.1 Å². The molecule has 0 aliphatic heterocycles. The number of carbonyl (C=O) groups is 3. The number of carboxylic acid groups (broad SMARTS) is 2. The molecule has 30 heavy (non-hydrogen) atoms. The molecule has 2 amide bonds. The average molecular weight is 412 g/mol. The van der Waals surface area contributed by atoms with Crippen LogP contribution in [0.1, 0.15) is 27.9 Å². The fourth-order valence-corrected chi connectivity index (χ4v) is 3.08. The largest absolute Gasteiger partial charge is 0.481 e. The topological polar surface area (TPSA) is 189 Å². The van der Waals surface area contributed by atoms with Gasteiger partial charge in [0.25, 0.3) is 5.91 Å². The van der Waals surface area contributed by atoms with E-state index in [1.165, 1.54) is 12.1 Å². The SMILES string of the molecule is Nc1nc(N)c2c(CCc3ccc(C(=O)N(CCC(=O)O)C(=O)O)cc3)c[nH]c2n1. The summed E-state index contributed by atoms with van der Waals surface area (Å²) in [6, 6.07) is 6.47. The molecule has 0 atom stereocenters. The van der Waals surface area contributed by atoms with E-state index in [2.05, 4.69) is 15.0 Å². The Morgan fingerprint density at radius 2 is 1.73 bits per heavy atom. The highest BCUT2D eigenvalue weighted by Gasteiger charge is 2.22. The van der Waals surface area contributed by atoms with Crippen LogP contribution < -0.4 is 11.5 Å². The number of nitrogen functional groups attached to an aromatic ring is 2. The number of aromatic nitrogens is 3. The number of carbonyl (C=O) groups excluding carboxylic acids is 1. The lowest BCUT2D eigenvalue weighted by molar-refractivity contribution is -0.137. The molecule has 7 N–H and O–H groups in total. The first-order valence-corrected chi connectivity index (χ1v) is 9.00. The van der Waals surface area contributed by atoms with E-state index in [0.717, 1.165) is 11.1 Å². The van der Waals surface area contributed by atoms with E-state index in [1.807, 2.05) is 0 Å². The number of nitrogens with two attached hydrogens (primary N) is 2. The summed E-state index contributed by atoms with van der Waals surface area (Å²) in [6.07, 6.45) is 1.10. The molecule has 0 aliphatic rings. The van der Waals surface area contributed by atoms with E-state index in [4.69, 9.17) is 21.7 Å². The molecule has 156 valence electrons. The molecule has 2 heterocycles. The highest BCUT2D eigenvalue weighted by molar-refractivity contribution is 6.02. The van der Waals surface area contributed by atoms with Crippen molar-refractivity contribution in [1.29, 1.82) is 0 Å². The lowest BCUT2D eigenvalue weighted by Gasteiger charge is -2.16. The number of carboxylic acids is 1. The van der Waals surface area contributed by atoms with Gasteiger partial charge in [-0.2, -0.15) is 9.97 Å². The molecule has 3 aromatic rings. The van der Waals surface area contributed by atoms with Crippen molar-refractivity contribution in [2.45, 2.75) is 19.3 Å². The Morgan fingerprint density at radius 3 is 2.37 bits per heavy atom. The number of nitrogens with one attached hydrogen (secondary N) is 1. The van der Waals surface area contributed by atoms with Crippen molar-refractivity contribution in [2.75, 3.05) is 18.0 Å². The summed E-state index contributed by atoms with van der Waals surface area (Å²) >= 11 is 0. The van der Waals surface area contributed by atoms with Crippen LogP contribution in [0.25, 0.3) is 11.0 Å². The summed E-state index contributed by atoms with van der Waals surface area (Å²) in [5.41, 5.74) is 14.1. The number of imide groups is 1. The summed E-state index contributed by atoms with van der Waals surface area (Å²) < 4.78 is 0. The highest BCUT2D eigenvalue weighted by Crippen LogP contribution is 2.24. The molecule has 2 aromatic heterocycles. The fourth-order valence-electron chi connectivity index (χ4n) is 3.08. The molecule has 0 fully saturated rings. The molecule has 0 saturated heterocycles. The van der Waals surface area contributed by atoms with Crippen LogP contribution in [0.3, 0.4) is 0 Å². The minimum atomic E-state index is -1.50. The van der Waals surface area contributed by atoms with Crippen LogP contribution in [0, 0.1) is 0 Å². The quantitative estimate of drug-likeness (QED) is 0.383. The van der Waals surface area contributed by atoms with Gasteiger partial charge in [-0.25, -0.2) is 9.69 Å². The minimum Gasteiger partial charge on any atom is -0.481 e. The molecule has 0 unspecified atom stereocenters. The first kappa shape index (κ1) is 20.6. The zero-order chi connectivity index (χ0) is 21.8. The molecule has 0 saturated carbocycles. The van der Waals surface area contributed by atoms with Crippen molar-refractivity contribution < 1.29 is 24.6 Å². The molecule has 0 radical (unpaired) electrons. The van der Waals surface area contributed by atoms with Gasteiger partial charge in [0.05, 0.1) is 11.8 Å². The van der Waals surface area contributed by atoms with Gasteiger partial charge in [-0.3, -0.25) is 9.59 Å². The summed E-state index contributed by atoms with van der Waals surface area (Å²) in [5, 5.41) is 18.6. The monoisotopic (exact) mass is 412 g/mol. The van der Waals surface area contributed by atoms with E-state index in [9.17, 15) is 14.4 Å². The van der Waals surface area contributed by atoms with Crippen molar-refractivity contribution in [3.8, 4) is 0 Å². The normalized spacial score (nSPS) is 10.8. The molecule has 3 rings (SSSR count). The van der Waals surface area contributed by atoms with Gasteiger partial charge in [0, 0.05) is 18.3 Å². The molecular formula is C19H20N6O5. The zero-order valence-corrected chi connectivity index (χ0v) is 15.8. The van der Waals surface area contributed by atoms with Gasteiger partial charge in [-0.05, 0) is 36.1 Å². The Balaban J connectivity index is 1.69. The second kappa shape index (κ2) is 8.47. The van der Waals surface area contributed by atoms with E-state index < -0.39 is 30.9 Å². The average Bonchev–Trinajstić information content (AvgIpc) is 3.09. The number of nitrogens with zero attached hydrogens (tertiary/aromatic N) is 3. The maximum absolute atomic E-state index is 12.4. The zero-order valence-electron chi connectivity index (χ0n) is 15.8. The van der Waals surface area contributed by atoms with Crippen molar-refractivity contribution in [3.63, 3.8) is 0 Å². The Hall–Kier alpha value is -4.15. The number of benzene rings is 1. The summed E-state index contributed by atoms with van der Waals surface area (Å²) in [5.74, 6) is -1.57. The van der Waals surface area contributed by atoms with E-state index >= 15 is 0 Å². The lowest BCUT2D eigenvalue weighted by Crippen LogP contribution is -2.37. The van der Waals surface area contributed by atoms with Gasteiger partial charge in [0.2, 0.25) is 5.95 Å².